The highest BCUT2D eigenvalue weighted by Crippen LogP contribution is 2.44. The van der Waals surface area contributed by atoms with E-state index in [-0.39, 0.29) is 31.8 Å². The summed E-state index contributed by atoms with van der Waals surface area (Å²) in [5, 5.41) is 16.6. The van der Waals surface area contributed by atoms with E-state index in [4.69, 9.17) is 19.9 Å². The minimum atomic E-state index is -1.90. The van der Waals surface area contributed by atoms with Gasteiger partial charge in [-0.25, -0.2) is 4.79 Å². The molecule has 88 heavy (non-hydrogen) atoms. The van der Waals surface area contributed by atoms with Crippen LogP contribution in [0.1, 0.15) is 121 Å². The number of hydrogen-bond donors (Lipinski definition) is 7. The van der Waals surface area contributed by atoms with E-state index in [9.17, 15) is 38.4 Å². The highest BCUT2D eigenvalue weighted by Gasteiger charge is 2.42. The summed E-state index contributed by atoms with van der Waals surface area (Å²) in [5.41, 5.74) is 8.52. The molecule has 18 heteroatoms. The van der Waals surface area contributed by atoms with Crippen LogP contribution in [0.15, 0.2) is 170 Å². The van der Waals surface area contributed by atoms with Gasteiger partial charge in [-0.15, -0.1) is 0 Å². The summed E-state index contributed by atoms with van der Waals surface area (Å²) >= 11 is 0. The van der Waals surface area contributed by atoms with E-state index in [2.05, 4.69) is 31.9 Å². The van der Waals surface area contributed by atoms with Gasteiger partial charge in [0.25, 0.3) is 5.78 Å². The fourth-order valence-electron chi connectivity index (χ4n) is 10.9. The quantitative estimate of drug-likeness (QED) is 0.0153. The third kappa shape index (κ3) is 17.4. The Bertz CT molecular complexity index is 3260. The zero-order valence-electron chi connectivity index (χ0n) is 51.8. The Balaban J connectivity index is 1.11. The third-order valence-corrected chi connectivity index (χ3v) is 15.1. The number of nitrogens with two attached hydrogens (primary N) is 1. The minimum absolute atomic E-state index is 0.00617. The third-order valence-electron chi connectivity index (χ3n) is 15.1. The van der Waals surface area contributed by atoms with Crippen molar-refractivity contribution < 1.29 is 52.6 Å². The molecule has 18 nitrogen and oxygen atoms in total. The number of amides is 6. The molecule has 0 aliphatic heterocycles. The van der Waals surface area contributed by atoms with Crippen LogP contribution in [0, 0.1) is 0 Å². The highest BCUT2D eigenvalue weighted by atomic mass is 16.5. The van der Waals surface area contributed by atoms with Gasteiger partial charge in [-0.3, -0.25) is 33.6 Å². The summed E-state index contributed by atoms with van der Waals surface area (Å²) in [7, 11) is 0. The molecular formula is C70H83N7O11. The van der Waals surface area contributed by atoms with E-state index >= 15 is 0 Å². The Labute approximate surface area is 515 Å². The molecule has 0 aromatic heterocycles. The number of ether oxygens (including phenoxy) is 3. The fourth-order valence-corrected chi connectivity index (χ4v) is 10.9. The first-order valence-electron chi connectivity index (χ1n) is 29.7. The van der Waals surface area contributed by atoms with E-state index < -0.39 is 112 Å². The molecule has 6 atom stereocenters. The number of fused-ring (bicyclic) bond motifs is 3. The van der Waals surface area contributed by atoms with Crippen molar-refractivity contribution in [3.8, 4) is 11.1 Å². The standard InChI is InChI=1S/C70H83N7O11/c1-44(87-67(3,4)5)59(71)64(83)74-56(41-46-27-15-11-16-28-46)62(81)75-60(45(2)88-68(6,7)8)65(84)72-42-58(79)73-55(39-40-57(78)76-70(47-29-17-12-18-30-47,48-31-19-13-20-32-48)49-33-21-14-22-34-49)63(82)77-69(9,10)61(80)66(85)86-43-54-52-37-25-23-35-50(52)51-36-24-26-38-53(51)54/h11-38,44-45,54-56,59-60H,39-43,71H2,1-10H3,(H,72,84)(H,73,79)(H,74,83)(H,75,81)(H,76,78)(H,77,82)/t44-,45-,55+,56+,59+,60+/m1/s1. The van der Waals surface area contributed by atoms with Crippen molar-refractivity contribution in [2.45, 2.75) is 153 Å². The van der Waals surface area contributed by atoms with Gasteiger partial charge >= 0.3 is 5.97 Å². The summed E-state index contributed by atoms with van der Waals surface area (Å²) in [6, 6.07) is 47.1. The first-order valence-corrected chi connectivity index (χ1v) is 29.7. The number of carbonyl (C=O) groups is 8. The average molecular weight is 1200 g/mol. The topological polar surface area (TPSA) is 262 Å². The molecule has 7 rings (SSSR count). The van der Waals surface area contributed by atoms with Crippen LogP contribution in [-0.2, 0) is 64.5 Å². The maximum Gasteiger partial charge on any atom is 0.377 e. The Morgan fingerprint density at radius 1 is 0.500 bits per heavy atom. The van der Waals surface area contributed by atoms with Gasteiger partial charge in [-0.2, -0.15) is 0 Å². The molecule has 1 aliphatic rings. The van der Waals surface area contributed by atoms with Crippen LogP contribution >= 0.6 is 0 Å². The summed E-state index contributed by atoms with van der Waals surface area (Å²) in [6.07, 6.45) is -2.45. The lowest BCUT2D eigenvalue weighted by atomic mass is 9.77. The van der Waals surface area contributed by atoms with E-state index in [0.717, 1.165) is 38.9 Å². The van der Waals surface area contributed by atoms with Crippen molar-refractivity contribution in [2.24, 2.45) is 5.73 Å². The first-order chi connectivity index (χ1) is 41.7. The molecule has 6 amide bonds. The Hall–Kier alpha value is -8.84. The molecular weight excluding hydrogens is 1110 g/mol. The maximum atomic E-state index is 14.7. The van der Waals surface area contributed by atoms with Crippen molar-refractivity contribution in [2.75, 3.05) is 13.2 Å². The van der Waals surface area contributed by atoms with Gasteiger partial charge in [0, 0.05) is 18.8 Å². The number of Topliss-reactive ketones (excluding diaryl/α,β-unsaturated/α-hetero) is 1. The maximum absolute atomic E-state index is 14.7. The molecule has 0 bridgehead atoms. The average Bonchev–Trinajstić information content (AvgIpc) is 1.82. The molecule has 0 radical (unpaired) electrons. The Morgan fingerprint density at radius 2 is 0.966 bits per heavy atom. The normalized spacial score (nSPS) is 14.4. The number of esters is 1. The molecule has 0 unspecified atom stereocenters. The van der Waals surface area contributed by atoms with E-state index in [1.54, 1.807) is 65.0 Å². The van der Waals surface area contributed by atoms with Crippen LogP contribution in [0.4, 0.5) is 0 Å². The molecule has 464 valence electrons. The summed E-state index contributed by atoms with van der Waals surface area (Å²) in [5.74, 6) is -7.26. The highest BCUT2D eigenvalue weighted by molar-refractivity contribution is 6.37. The minimum Gasteiger partial charge on any atom is -0.459 e. The molecule has 6 aromatic rings. The van der Waals surface area contributed by atoms with Crippen molar-refractivity contribution in [1.82, 2.24) is 31.9 Å². The number of nitrogens with one attached hydrogen (secondary N) is 6. The van der Waals surface area contributed by atoms with E-state index in [1.165, 1.54) is 13.8 Å². The summed E-state index contributed by atoms with van der Waals surface area (Å²) in [6.45, 7) is 15.7. The molecule has 0 spiro atoms. The molecule has 0 saturated carbocycles. The van der Waals surface area contributed by atoms with Crippen LogP contribution in [0.3, 0.4) is 0 Å². The predicted molar refractivity (Wildman–Crippen MR) is 336 cm³/mol. The van der Waals surface area contributed by atoms with Gasteiger partial charge in [0.15, 0.2) is 0 Å². The largest absolute Gasteiger partial charge is 0.459 e. The van der Waals surface area contributed by atoms with E-state index in [0.29, 0.717) is 5.56 Å². The molecule has 0 saturated heterocycles. The lowest BCUT2D eigenvalue weighted by Crippen LogP contribution is -2.61. The van der Waals surface area contributed by atoms with Gasteiger partial charge < -0.3 is 51.8 Å². The number of benzene rings is 6. The van der Waals surface area contributed by atoms with Crippen molar-refractivity contribution in [1.29, 1.82) is 0 Å². The van der Waals surface area contributed by atoms with Crippen LogP contribution in [0.5, 0.6) is 0 Å². The first kappa shape index (κ1) is 66.7. The van der Waals surface area contributed by atoms with Crippen LogP contribution in [-0.4, -0.2) is 113 Å². The van der Waals surface area contributed by atoms with Gasteiger partial charge in [0.1, 0.15) is 41.9 Å². The monoisotopic (exact) mass is 1200 g/mol. The van der Waals surface area contributed by atoms with Crippen molar-refractivity contribution >= 4 is 47.2 Å². The zero-order chi connectivity index (χ0) is 64.0. The lowest BCUT2D eigenvalue weighted by Gasteiger charge is -2.37. The molecule has 6 aromatic carbocycles. The van der Waals surface area contributed by atoms with E-state index in [1.807, 2.05) is 160 Å². The van der Waals surface area contributed by atoms with Crippen LogP contribution < -0.4 is 37.6 Å². The van der Waals surface area contributed by atoms with Gasteiger partial charge in [-0.05, 0) is 120 Å². The second-order valence-electron chi connectivity index (χ2n) is 24.7. The van der Waals surface area contributed by atoms with Gasteiger partial charge in [0.05, 0.1) is 30.0 Å². The second-order valence-corrected chi connectivity index (χ2v) is 24.7. The molecule has 0 heterocycles. The number of carbonyl (C=O) groups excluding carboxylic acids is 8. The lowest BCUT2D eigenvalue weighted by molar-refractivity contribution is -0.157. The number of rotatable bonds is 27. The van der Waals surface area contributed by atoms with Crippen LogP contribution in [0.2, 0.25) is 0 Å². The number of ketones is 1. The molecule has 8 N–H and O–H groups in total. The number of hydrogen-bond acceptors (Lipinski definition) is 12. The summed E-state index contributed by atoms with van der Waals surface area (Å²) in [4.78, 5) is 114. The zero-order valence-corrected chi connectivity index (χ0v) is 51.8. The van der Waals surface area contributed by atoms with Crippen LogP contribution in [0.25, 0.3) is 11.1 Å². The molecule has 0 fully saturated rings. The second kappa shape index (κ2) is 29.2. The van der Waals surface area contributed by atoms with Gasteiger partial charge in [0.2, 0.25) is 35.4 Å². The fraction of sp³-hybridized carbons (Fsp3) is 0.371. The SMILES string of the molecule is C[C@@H](OC(C)(C)C)[C@H](N)C(=O)N[C@@H](Cc1ccccc1)C(=O)N[C@H](C(=O)NCC(=O)N[C@@H](CCC(=O)NC(c1ccccc1)(c1ccccc1)c1ccccc1)C(=O)NC(C)(C)C(=O)C(=O)OCC1c2ccccc2-c2ccccc21)[C@@H](C)OC(C)(C)C. The van der Waals surface area contributed by atoms with Crippen molar-refractivity contribution in [3.05, 3.63) is 203 Å². The van der Waals surface area contributed by atoms with Crippen molar-refractivity contribution in [3.63, 3.8) is 0 Å². The Morgan fingerprint density at radius 3 is 1.47 bits per heavy atom. The smallest absolute Gasteiger partial charge is 0.377 e. The Kier molecular flexibility index (Phi) is 22.2. The summed E-state index contributed by atoms with van der Waals surface area (Å²) < 4.78 is 17.8. The van der Waals surface area contributed by atoms with Gasteiger partial charge in [-0.1, -0.05) is 170 Å². The molecule has 1 aliphatic carbocycles. The predicted octanol–water partition coefficient (Wildman–Crippen LogP) is 7.24.